The molecule has 0 saturated heterocycles. The Kier molecular flexibility index (Phi) is 14.6. The first kappa shape index (κ1) is 44.3. The highest BCUT2D eigenvalue weighted by atomic mass is 35.5. The number of rotatable bonds is 18. The van der Waals surface area contributed by atoms with Crippen LogP contribution in [-0.4, -0.2) is 66.4 Å². The molecule has 0 fully saturated rings. The van der Waals surface area contributed by atoms with Crippen molar-refractivity contribution in [2.24, 2.45) is 0 Å². The number of hydrogen-bond donors (Lipinski definition) is 8. The molecule has 2 heterocycles. The molecule has 0 aliphatic carbocycles. The molecule has 0 atom stereocenters. The average molecular weight is 940 g/mol. The van der Waals surface area contributed by atoms with Crippen LogP contribution in [0.1, 0.15) is 11.1 Å². The number of anilines is 8. The maximum atomic E-state index is 12.5. The molecule has 0 radical (unpaired) electrons. The van der Waals surface area contributed by atoms with Gasteiger partial charge in [0.2, 0.25) is 34.4 Å². The van der Waals surface area contributed by atoms with Crippen molar-refractivity contribution in [2.45, 2.75) is 19.6 Å². The molecule has 6 rings (SSSR count). The largest absolute Gasteiger partial charge is 0.324 e. The molecule has 0 amide bonds. The van der Waals surface area contributed by atoms with E-state index in [2.05, 4.69) is 69.9 Å². The fraction of sp³-hybridized carbons (Fsp3) is 0. The second-order valence-electron chi connectivity index (χ2n) is 11.3. The molecular formula is C32H24Cl2N10O12S4. The molecule has 22 nitrogen and oxygen atoms in total. The second-order valence-corrected chi connectivity index (χ2v) is 16.3. The summed E-state index contributed by atoms with van der Waals surface area (Å²) in [6.45, 7) is 0. The Bertz CT molecular complexity index is 2750. The smallest absolute Gasteiger partial charge is 0.295 e. The Labute approximate surface area is 357 Å². The fourth-order valence-electron chi connectivity index (χ4n) is 4.83. The Morgan fingerprint density at radius 2 is 0.967 bits per heavy atom. The van der Waals surface area contributed by atoms with Gasteiger partial charge < -0.3 is 21.3 Å². The van der Waals surface area contributed by atoms with Crippen molar-refractivity contribution in [3.05, 3.63) is 107 Å². The average Bonchev–Trinajstić information content (AvgIpc) is 3.19. The van der Waals surface area contributed by atoms with Crippen molar-refractivity contribution in [3.63, 3.8) is 0 Å². The van der Waals surface area contributed by atoms with Crippen LogP contribution in [-0.2, 0) is 39.0 Å². The zero-order valence-electron chi connectivity index (χ0n) is 29.4. The number of benzene rings is 4. The summed E-state index contributed by atoms with van der Waals surface area (Å²) in [5, 5.41) is 35.7. The van der Waals surface area contributed by atoms with Crippen LogP contribution in [0.25, 0.3) is 12.2 Å². The number of aromatic nitrogens is 6. The minimum Gasteiger partial charge on any atom is -0.324 e. The molecule has 0 spiro atoms. The Balaban J connectivity index is 1.19. The van der Waals surface area contributed by atoms with Crippen molar-refractivity contribution < 1.29 is 55.2 Å². The van der Waals surface area contributed by atoms with Gasteiger partial charge in [0.15, 0.2) is 0 Å². The lowest BCUT2D eigenvalue weighted by atomic mass is 10.1. The van der Waals surface area contributed by atoms with Crippen LogP contribution in [0.15, 0.2) is 105 Å². The lowest BCUT2D eigenvalue weighted by molar-refractivity contribution is -0.432. The first-order chi connectivity index (χ1) is 28.6. The topological polar surface area (TPSA) is 312 Å². The minimum absolute atomic E-state index is 0.0149. The van der Waals surface area contributed by atoms with Crippen LogP contribution in [0.2, 0.25) is 10.6 Å². The number of nitrogens with zero attached hydrogens (tertiary/aromatic N) is 6. The van der Waals surface area contributed by atoms with Crippen molar-refractivity contribution in [1.29, 1.82) is 0 Å². The minimum atomic E-state index is -4.80. The van der Waals surface area contributed by atoms with Crippen LogP contribution in [0, 0.1) is 0 Å². The van der Waals surface area contributed by atoms with Crippen molar-refractivity contribution in [2.75, 3.05) is 21.3 Å². The Morgan fingerprint density at radius 3 is 1.47 bits per heavy atom. The fourth-order valence-corrected chi connectivity index (χ4v) is 7.20. The van der Waals surface area contributed by atoms with Gasteiger partial charge >= 0.3 is 0 Å². The first-order valence-electron chi connectivity index (χ1n) is 16.0. The van der Waals surface area contributed by atoms with Gasteiger partial charge in [-0.15, -0.1) is 8.67 Å². The number of nitrogens with one attached hydrogen (secondary N) is 4. The van der Waals surface area contributed by atoms with E-state index < -0.39 is 25.1 Å². The third-order valence-electron chi connectivity index (χ3n) is 7.31. The molecule has 0 saturated carbocycles. The highest BCUT2D eigenvalue weighted by Gasteiger charge is 2.17. The predicted molar refractivity (Wildman–Crippen MR) is 218 cm³/mol. The molecule has 2 aromatic heterocycles. The Hall–Kier alpha value is -5.30. The summed E-state index contributed by atoms with van der Waals surface area (Å²) >= 11 is 13.6. The van der Waals surface area contributed by atoms with Gasteiger partial charge in [-0.3, -0.25) is 9.11 Å². The normalized spacial score (nSPS) is 11.8. The molecule has 0 unspecified atom stereocenters. The van der Waals surface area contributed by atoms with Gasteiger partial charge in [0.05, 0.1) is 29.0 Å². The van der Waals surface area contributed by atoms with Gasteiger partial charge in [0, 0.05) is 32.5 Å². The summed E-state index contributed by atoms with van der Waals surface area (Å²) in [5.74, 6) is -0.0601. The second kappa shape index (κ2) is 19.8. The lowest BCUT2D eigenvalue weighted by Gasteiger charge is -2.12. The molecule has 0 aliphatic rings. The van der Waals surface area contributed by atoms with Gasteiger partial charge in [-0.25, -0.2) is 10.5 Å². The quantitative estimate of drug-likeness (QED) is 0.0134. The van der Waals surface area contributed by atoms with E-state index in [0.717, 1.165) is 18.1 Å². The summed E-state index contributed by atoms with van der Waals surface area (Å²) in [6.07, 6.45) is 2.90. The number of halogens is 2. The van der Waals surface area contributed by atoms with E-state index in [1.165, 1.54) is 48.6 Å². The van der Waals surface area contributed by atoms with Crippen LogP contribution < -0.4 is 21.3 Å². The van der Waals surface area contributed by atoms with Crippen LogP contribution in [0.3, 0.4) is 0 Å². The molecule has 4 aromatic carbocycles. The summed E-state index contributed by atoms with van der Waals surface area (Å²) in [5.41, 5.74) is 1.95. The van der Waals surface area contributed by atoms with Gasteiger partial charge in [-0.05, 0) is 107 Å². The molecule has 8 N–H and O–H groups in total. The Morgan fingerprint density at radius 1 is 0.533 bits per heavy atom. The lowest BCUT2D eigenvalue weighted by Crippen LogP contribution is -2.06. The van der Waals surface area contributed by atoms with Crippen molar-refractivity contribution >= 4 is 126 Å². The zero-order valence-corrected chi connectivity index (χ0v) is 34.1. The van der Waals surface area contributed by atoms with Crippen molar-refractivity contribution in [3.8, 4) is 0 Å². The van der Waals surface area contributed by atoms with E-state index in [-0.39, 0.29) is 50.5 Å². The molecule has 0 bridgehead atoms. The molecule has 0 aliphatic heterocycles. The van der Waals surface area contributed by atoms with Gasteiger partial charge in [-0.1, -0.05) is 34.4 Å². The third-order valence-corrected chi connectivity index (χ3v) is 10.7. The van der Waals surface area contributed by atoms with E-state index in [4.69, 9.17) is 33.7 Å². The van der Waals surface area contributed by atoms with Gasteiger partial charge in [-0.2, -0.15) is 46.7 Å². The van der Waals surface area contributed by atoms with Gasteiger partial charge in [0.1, 0.15) is 4.90 Å². The summed E-state index contributed by atoms with van der Waals surface area (Å²) in [4.78, 5) is 24.8. The maximum absolute atomic E-state index is 12.5. The molecule has 28 heteroatoms. The van der Waals surface area contributed by atoms with E-state index >= 15 is 0 Å². The third kappa shape index (κ3) is 12.6. The molecule has 60 heavy (non-hydrogen) atoms. The maximum Gasteiger partial charge on any atom is 0.295 e. The SMILES string of the molecule is O=S(=O)(O)c1ccc(Nc2nc(Cl)nc(Nc3ccc(/C=C/c4ccc(Nc5nc(Cl)nc(Nc6ccc(SOOO)cc6)n5)cc4S(=O)(=O)O)c(SOOO)c3)n2)cc1. The van der Waals surface area contributed by atoms with Crippen LogP contribution >= 0.6 is 47.3 Å². The monoisotopic (exact) mass is 938 g/mol. The van der Waals surface area contributed by atoms with E-state index in [1.807, 2.05) is 0 Å². The zero-order chi connectivity index (χ0) is 42.9. The molecular weight excluding hydrogens is 916 g/mol. The number of hydrogen-bond acceptors (Lipinski definition) is 22. The molecule has 312 valence electrons. The predicted octanol–water partition coefficient (Wildman–Crippen LogP) is 7.86. The molecule has 6 aromatic rings. The van der Waals surface area contributed by atoms with Crippen molar-refractivity contribution in [1.82, 2.24) is 29.9 Å². The van der Waals surface area contributed by atoms with E-state index in [1.54, 1.807) is 42.5 Å². The highest BCUT2D eigenvalue weighted by Crippen LogP contribution is 2.32. The first-order valence-corrected chi connectivity index (χ1v) is 21.1. The van der Waals surface area contributed by atoms with Crippen LogP contribution in [0.5, 0.6) is 0 Å². The summed E-state index contributed by atoms with van der Waals surface area (Å²) < 4.78 is 76.2. The standard InChI is InChI=1S/C32H24Cl2N10O12S4/c33-27-40-30(36-20-9-13-24(14-10-20)59(47,48)49)43-31(41-27)37-21-5-3-17(25(15-21)58-56-54-46)1-2-18-4-6-22(16-26(18)60(50,51)52)38-32-42-28(34)39-29(44-32)35-19-7-11-23(12-8-19)57-55-53-45/h1-16,45-46H,(H,47,48,49)(H,50,51,52)(H2,35,38,39,42,44)(H2,36,37,40,41,43)/b2-1+. The van der Waals surface area contributed by atoms with E-state index in [0.29, 0.717) is 44.5 Å². The highest BCUT2D eigenvalue weighted by molar-refractivity contribution is 7.94. The summed E-state index contributed by atoms with van der Waals surface area (Å²) in [7, 11) is -9.19. The summed E-state index contributed by atoms with van der Waals surface area (Å²) in [6, 6.07) is 20.5. The van der Waals surface area contributed by atoms with E-state index in [9.17, 15) is 25.9 Å². The van der Waals surface area contributed by atoms with Crippen LogP contribution in [0.4, 0.5) is 46.5 Å². The van der Waals surface area contributed by atoms with Gasteiger partial charge in [0.25, 0.3) is 20.2 Å².